The van der Waals surface area contributed by atoms with E-state index in [4.69, 9.17) is 0 Å². The van der Waals surface area contributed by atoms with Gasteiger partial charge in [-0.2, -0.15) is 0 Å². The first-order valence-corrected chi connectivity index (χ1v) is 9.16. The number of hydrogen-bond acceptors (Lipinski definition) is 4. The van der Waals surface area contributed by atoms with E-state index >= 15 is 0 Å². The van der Waals surface area contributed by atoms with Crippen LogP contribution in [0.2, 0.25) is 0 Å². The van der Waals surface area contributed by atoms with Gasteiger partial charge in [0, 0.05) is 6.20 Å². The Morgan fingerprint density at radius 1 is 0.963 bits per heavy atom. The van der Waals surface area contributed by atoms with Gasteiger partial charge in [0.2, 0.25) is 0 Å². The van der Waals surface area contributed by atoms with E-state index in [1.807, 2.05) is 12.1 Å². The Hall–Kier alpha value is -3.34. The van der Waals surface area contributed by atoms with Crippen molar-refractivity contribution in [3.63, 3.8) is 0 Å². The summed E-state index contributed by atoms with van der Waals surface area (Å²) in [6.07, 6.45) is 5.93. The average Bonchev–Trinajstić information content (AvgIpc) is 2.73. The fourth-order valence-corrected chi connectivity index (χ4v) is 4.21. The van der Waals surface area contributed by atoms with Crippen molar-refractivity contribution in [3.05, 3.63) is 76.0 Å². The maximum Gasteiger partial charge on any atom is 0.367 e. The van der Waals surface area contributed by atoms with Gasteiger partial charge in [-0.15, -0.1) is 0 Å². The zero-order chi connectivity index (χ0) is 18.4. The molecule has 0 aliphatic heterocycles. The predicted molar refractivity (Wildman–Crippen MR) is 106 cm³/mol. The van der Waals surface area contributed by atoms with Gasteiger partial charge < -0.3 is 10.1 Å². The van der Waals surface area contributed by atoms with Crippen LogP contribution in [0, 0.1) is 10.1 Å². The van der Waals surface area contributed by atoms with Gasteiger partial charge in [0.05, 0.1) is 11.6 Å². The molecule has 1 heterocycles. The molecule has 5 rings (SSSR count). The van der Waals surface area contributed by atoms with Crippen molar-refractivity contribution in [2.24, 2.45) is 0 Å². The molecule has 0 saturated carbocycles. The average molecular weight is 355 g/mol. The van der Waals surface area contributed by atoms with Gasteiger partial charge in [0.25, 0.3) is 5.82 Å². The quantitative estimate of drug-likeness (QED) is 0.280. The number of aromatic nitrogens is 2. The maximum atomic E-state index is 11.2. The van der Waals surface area contributed by atoms with Crippen LogP contribution in [0.1, 0.15) is 24.0 Å². The summed E-state index contributed by atoms with van der Waals surface area (Å²) in [7, 11) is 0. The van der Waals surface area contributed by atoms with Gasteiger partial charge in [-0.3, -0.25) is 0 Å². The van der Waals surface area contributed by atoms with E-state index in [-0.39, 0.29) is 5.82 Å². The van der Waals surface area contributed by atoms with Crippen LogP contribution in [-0.2, 0) is 12.8 Å². The lowest BCUT2D eigenvalue weighted by molar-refractivity contribution is -0.389. The second-order valence-corrected chi connectivity index (χ2v) is 6.97. The number of nitrogens with zero attached hydrogens (tertiary/aromatic N) is 3. The number of rotatable bonds is 2. The minimum absolute atomic E-state index is 0.175. The standard InChI is InChI=1S/C22H17N3O2/c26-25(27)20-11-12-23-22(24-20)19-13-15-6-2-3-7-16(15)18-10-9-14-5-1-4-8-17(14)21(18)19/h2-3,6-7,9-13H,1,4-5,8H2. The second kappa shape index (κ2) is 6.13. The molecule has 0 amide bonds. The topological polar surface area (TPSA) is 68.9 Å². The van der Waals surface area contributed by atoms with Crippen molar-refractivity contribution >= 4 is 27.4 Å². The van der Waals surface area contributed by atoms with E-state index in [1.165, 1.54) is 40.6 Å². The van der Waals surface area contributed by atoms with Gasteiger partial charge >= 0.3 is 5.82 Å². The molecule has 0 N–H and O–H groups in total. The van der Waals surface area contributed by atoms with Crippen molar-refractivity contribution in [2.45, 2.75) is 25.7 Å². The lowest BCUT2D eigenvalue weighted by Gasteiger charge is -2.20. The lowest BCUT2D eigenvalue weighted by atomic mass is 9.84. The normalized spacial score (nSPS) is 13.6. The summed E-state index contributed by atoms with van der Waals surface area (Å²) in [5.41, 5.74) is 3.59. The zero-order valence-corrected chi connectivity index (χ0v) is 14.7. The van der Waals surface area contributed by atoms with E-state index in [0.29, 0.717) is 5.82 Å². The molecule has 0 unspecified atom stereocenters. The van der Waals surface area contributed by atoms with Crippen molar-refractivity contribution < 1.29 is 4.92 Å². The molecular formula is C22H17N3O2. The van der Waals surface area contributed by atoms with E-state index in [9.17, 15) is 10.1 Å². The molecule has 0 atom stereocenters. The molecule has 4 aromatic rings. The Morgan fingerprint density at radius 3 is 2.70 bits per heavy atom. The van der Waals surface area contributed by atoms with Gasteiger partial charge in [-0.05, 0) is 74.3 Å². The molecule has 0 bridgehead atoms. The van der Waals surface area contributed by atoms with Crippen LogP contribution in [0.4, 0.5) is 5.82 Å². The van der Waals surface area contributed by atoms with Crippen LogP contribution in [-0.4, -0.2) is 14.9 Å². The lowest BCUT2D eigenvalue weighted by Crippen LogP contribution is -2.05. The predicted octanol–water partition coefficient (Wildman–Crippen LogP) is 5.24. The van der Waals surface area contributed by atoms with Crippen molar-refractivity contribution in [1.29, 1.82) is 0 Å². The minimum atomic E-state index is -0.468. The Balaban J connectivity index is 1.92. The highest BCUT2D eigenvalue weighted by molar-refractivity contribution is 6.14. The van der Waals surface area contributed by atoms with Crippen LogP contribution < -0.4 is 0 Å². The number of benzene rings is 3. The molecule has 132 valence electrons. The Kier molecular flexibility index (Phi) is 3.60. The van der Waals surface area contributed by atoms with E-state index in [2.05, 4.69) is 40.3 Å². The first-order valence-electron chi connectivity index (χ1n) is 9.16. The van der Waals surface area contributed by atoms with Crippen molar-refractivity contribution in [1.82, 2.24) is 9.97 Å². The molecule has 1 aliphatic carbocycles. The highest BCUT2D eigenvalue weighted by Gasteiger charge is 2.21. The summed E-state index contributed by atoms with van der Waals surface area (Å²) in [6.45, 7) is 0. The smallest absolute Gasteiger partial charge is 0.358 e. The Morgan fingerprint density at radius 2 is 1.81 bits per heavy atom. The third kappa shape index (κ3) is 2.54. The monoisotopic (exact) mass is 355 g/mol. The highest BCUT2D eigenvalue weighted by Crippen LogP contribution is 2.39. The fourth-order valence-electron chi connectivity index (χ4n) is 4.21. The summed E-state index contributed by atoms with van der Waals surface area (Å²) < 4.78 is 0. The van der Waals surface area contributed by atoms with Gasteiger partial charge in [-0.25, -0.2) is 4.98 Å². The van der Waals surface area contributed by atoms with Gasteiger partial charge in [0.1, 0.15) is 0 Å². The molecule has 5 nitrogen and oxygen atoms in total. The summed E-state index contributed by atoms with van der Waals surface area (Å²) in [6, 6.07) is 16.1. The largest absolute Gasteiger partial charge is 0.367 e. The number of aryl methyl sites for hydroxylation is 2. The summed E-state index contributed by atoms with van der Waals surface area (Å²) in [4.78, 5) is 19.4. The molecular weight excluding hydrogens is 338 g/mol. The van der Waals surface area contributed by atoms with E-state index < -0.39 is 4.92 Å². The Labute approximate surface area is 155 Å². The van der Waals surface area contributed by atoms with Gasteiger partial charge in [0.15, 0.2) is 0 Å². The second-order valence-electron chi connectivity index (χ2n) is 6.97. The zero-order valence-electron chi connectivity index (χ0n) is 14.7. The van der Waals surface area contributed by atoms with E-state index in [0.717, 1.165) is 35.6 Å². The molecule has 0 saturated heterocycles. The third-order valence-electron chi connectivity index (χ3n) is 5.42. The maximum absolute atomic E-state index is 11.2. The highest BCUT2D eigenvalue weighted by atomic mass is 16.6. The molecule has 1 aliphatic rings. The first-order chi connectivity index (χ1) is 13.2. The summed E-state index contributed by atoms with van der Waals surface area (Å²) in [5.74, 6) is 0.241. The van der Waals surface area contributed by atoms with Gasteiger partial charge in [-0.1, -0.05) is 36.4 Å². The number of hydrogen-bond donors (Lipinski definition) is 0. The van der Waals surface area contributed by atoms with Crippen molar-refractivity contribution in [3.8, 4) is 11.4 Å². The van der Waals surface area contributed by atoms with Crippen LogP contribution in [0.15, 0.2) is 54.7 Å². The molecule has 0 fully saturated rings. The third-order valence-corrected chi connectivity index (χ3v) is 5.42. The summed E-state index contributed by atoms with van der Waals surface area (Å²) in [5, 5.41) is 15.8. The fraction of sp³-hybridized carbons (Fsp3) is 0.182. The van der Waals surface area contributed by atoms with Crippen LogP contribution in [0.5, 0.6) is 0 Å². The van der Waals surface area contributed by atoms with Crippen molar-refractivity contribution in [2.75, 3.05) is 0 Å². The first kappa shape index (κ1) is 15.9. The number of fused-ring (bicyclic) bond motifs is 5. The SMILES string of the molecule is O=[N+]([O-])c1ccnc(-c2cc3ccccc3c3ccc4c(c23)CCCC4)n1. The molecule has 0 spiro atoms. The van der Waals surface area contributed by atoms with Crippen LogP contribution in [0.25, 0.3) is 32.9 Å². The molecule has 1 aromatic heterocycles. The van der Waals surface area contributed by atoms with Crippen LogP contribution >= 0.6 is 0 Å². The summed E-state index contributed by atoms with van der Waals surface area (Å²) >= 11 is 0. The van der Waals surface area contributed by atoms with E-state index in [1.54, 1.807) is 0 Å². The molecule has 27 heavy (non-hydrogen) atoms. The minimum Gasteiger partial charge on any atom is -0.358 e. The molecule has 3 aromatic carbocycles. The molecule has 0 radical (unpaired) electrons. The number of nitro groups is 1. The Bertz CT molecular complexity index is 1220. The molecule has 5 heteroatoms. The van der Waals surface area contributed by atoms with Crippen LogP contribution in [0.3, 0.4) is 0 Å².